The Balaban J connectivity index is 2.52. The summed E-state index contributed by atoms with van der Waals surface area (Å²) in [5.74, 6) is 0.418. The van der Waals surface area contributed by atoms with Gasteiger partial charge >= 0.3 is 0 Å². The quantitative estimate of drug-likeness (QED) is 0.815. The van der Waals surface area contributed by atoms with E-state index >= 15 is 0 Å². The highest BCUT2D eigenvalue weighted by Crippen LogP contribution is 2.28. The summed E-state index contributed by atoms with van der Waals surface area (Å²) in [7, 11) is 2.07. The summed E-state index contributed by atoms with van der Waals surface area (Å²) >= 11 is 0. The van der Waals surface area contributed by atoms with Crippen molar-refractivity contribution in [1.29, 1.82) is 0 Å². The smallest absolute Gasteiger partial charge is 0.0480 e. The summed E-state index contributed by atoms with van der Waals surface area (Å²) in [6.07, 6.45) is 3.00. The zero-order valence-corrected chi connectivity index (χ0v) is 9.27. The van der Waals surface area contributed by atoms with Crippen molar-refractivity contribution in [3.05, 3.63) is 36.0 Å². The molecule has 0 saturated carbocycles. The molecule has 0 saturated heterocycles. The van der Waals surface area contributed by atoms with Crippen molar-refractivity contribution < 1.29 is 5.11 Å². The minimum atomic E-state index is 0.254. The van der Waals surface area contributed by atoms with Gasteiger partial charge < -0.3 is 9.67 Å². The van der Waals surface area contributed by atoms with Gasteiger partial charge in [0.25, 0.3) is 0 Å². The molecule has 1 aromatic carbocycles. The van der Waals surface area contributed by atoms with Crippen LogP contribution in [0.3, 0.4) is 0 Å². The van der Waals surface area contributed by atoms with Crippen molar-refractivity contribution in [3.8, 4) is 0 Å². The number of aliphatic hydroxyl groups excluding tert-OH is 1. The van der Waals surface area contributed by atoms with Crippen LogP contribution < -0.4 is 0 Å². The van der Waals surface area contributed by atoms with Crippen LogP contribution in [0.25, 0.3) is 10.9 Å². The maximum absolute atomic E-state index is 8.97. The molecule has 0 fully saturated rings. The van der Waals surface area contributed by atoms with Gasteiger partial charge in [0.05, 0.1) is 0 Å². The molecule has 80 valence electrons. The Kier molecular flexibility index (Phi) is 2.78. The molecule has 1 heterocycles. The van der Waals surface area contributed by atoms with E-state index in [-0.39, 0.29) is 6.61 Å². The molecule has 2 rings (SSSR count). The van der Waals surface area contributed by atoms with Crippen LogP contribution in [0.1, 0.15) is 24.8 Å². The third-order valence-electron chi connectivity index (χ3n) is 3.02. The van der Waals surface area contributed by atoms with Gasteiger partial charge in [-0.15, -0.1) is 0 Å². The number of aromatic nitrogens is 1. The molecule has 1 N–H and O–H groups in total. The fourth-order valence-corrected chi connectivity index (χ4v) is 2.11. The van der Waals surface area contributed by atoms with Crippen molar-refractivity contribution in [3.63, 3.8) is 0 Å². The zero-order chi connectivity index (χ0) is 10.8. The topological polar surface area (TPSA) is 25.2 Å². The first kappa shape index (κ1) is 10.2. The average Bonchev–Trinajstić information content (AvgIpc) is 2.58. The van der Waals surface area contributed by atoms with E-state index in [1.165, 1.54) is 16.5 Å². The average molecular weight is 203 g/mol. The minimum absolute atomic E-state index is 0.254. The summed E-state index contributed by atoms with van der Waals surface area (Å²) in [5.41, 5.74) is 2.60. The second-order valence-electron chi connectivity index (χ2n) is 4.13. The summed E-state index contributed by atoms with van der Waals surface area (Å²) in [5, 5.41) is 10.3. The van der Waals surface area contributed by atoms with Gasteiger partial charge in [-0.25, -0.2) is 0 Å². The number of hydrogen-bond donors (Lipinski definition) is 1. The molecule has 1 aromatic heterocycles. The maximum Gasteiger partial charge on any atom is 0.0480 e. The van der Waals surface area contributed by atoms with Crippen LogP contribution in [-0.2, 0) is 7.05 Å². The number of nitrogens with zero attached hydrogens (tertiary/aromatic N) is 1. The van der Waals surface area contributed by atoms with Crippen LogP contribution in [0, 0.1) is 0 Å². The van der Waals surface area contributed by atoms with E-state index in [0.717, 1.165) is 6.42 Å². The first-order valence-corrected chi connectivity index (χ1v) is 5.39. The highest BCUT2D eigenvalue weighted by molar-refractivity contribution is 5.84. The number of benzene rings is 1. The van der Waals surface area contributed by atoms with Gasteiger partial charge in [0.1, 0.15) is 0 Å². The largest absolute Gasteiger partial charge is 0.396 e. The van der Waals surface area contributed by atoms with Crippen molar-refractivity contribution in [1.82, 2.24) is 4.57 Å². The lowest BCUT2D eigenvalue weighted by Crippen LogP contribution is -1.95. The molecule has 2 nitrogen and oxygen atoms in total. The molecule has 0 aliphatic heterocycles. The van der Waals surface area contributed by atoms with Gasteiger partial charge in [0.2, 0.25) is 0 Å². The molecule has 0 radical (unpaired) electrons. The molecule has 2 heteroatoms. The van der Waals surface area contributed by atoms with Gasteiger partial charge in [0, 0.05) is 30.8 Å². The molecule has 2 aromatic rings. The number of hydrogen-bond acceptors (Lipinski definition) is 1. The SMILES string of the molecule is C[C@H](CCO)c1cn(C)c2ccccc12. The Morgan fingerprint density at radius 2 is 2.07 bits per heavy atom. The maximum atomic E-state index is 8.97. The fourth-order valence-electron chi connectivity index (χ4n) is 2.11. The van der Waals surface area contributed by atoms with Gasteiger partial charge in [-0.2, -0.15) is 0 Å². The van der Waals surface area contributed by atoms with Gasteiger partial charge in [-0.05, 0) is 24.0 Å². The number of fused-ring (bicyclic) bond motifs is 1. The fraction of sp³-hybridized carbons (Fsp3) is 0.385. The Labute approximate surface area is 90.2 Å². The third kappa shape index (κ3) is 1.77. The molecule has 0 aliphatic carbocycles. The van der Waals surface area contributed by atoms with E-state index in [1.807, 2.05) is 0 Å². The normalized spacial score (nSPS) is 13.3. The van der Waals surface area contributed by atoms with E-state index in [1.54, 1.807) is 0 Å². The molecule has 0 aliphatic rings. The molecular formula is C13H17NO. The summed E-state index contributed by atoms with van der Waals surface area (Å²) in [6.45, 7) is 2.42. The molecule has 0 unspecified atom stereocenters. The second-order valence-corrected chi connectivity index (χ2v) is 4.13. The van der Waals surface area contributed by atoms with Gasteiger partial charge in [0.15, 0.2) is 0 Å². The van der Waals surface area contributed by atoms with E-state index in [9.17, 15) is 0 Å². The molecular weight excluding hydrogens is 186 g/mol. The van der Waals surface area contributed by atoms with Crippen LogP contribution in [-0.4, -0.2) is 16.3 Å². The Morgan fingerprint density at radius 1 is 1.33 bits per heavy atom. The molecule has 0 amide bonds. The van der Waals surface area contributed by atoms with E-state index in [4.69, 9.17) is 5.11 Å². The van der Waals surface area contributed by atoms with Crippen molar-refractivity contribution in [2.45, 2.75) is 19.3 Å². The van der Waals surface area contributed by atoms with Crippen LogP contribution in [0.4, 0.5) is 0 Å². The van der Waals surface area contributed by atoms with Crippen LogP contribution >= 0.6 is 0 Å². The van der Waals surface area contributed by atoms with Crippen LogP contribution in [0.15, 0.2) is 30.5 Å². The molecule has 0 bridgehead atoms. The standard InChI is InChI=1S/C13H17NO/c1-10(7-8-15)12-9-14(2)13-6-4-3-5-11(12)13/h3-6,9-10,15H,7-8H2,1-2H3/t10-/m1/s1. The van der Waals surface area contributed by atoms with Crippen LogP contribution in [0.5, 0.6) is 0 Å². The molecule has 1 atom stereocenters. The Morgan fingerprint density at radius 3 is 2.80 bits per heavy atom. The Hall–Kier alpha value is -1.28. The lowest BCUT2D eigenvalue weighted by molar-refractivity contribution is 0.279. The molecule has 15 heavy (non-hydrogen) atoms. The highest BCUT2D eigenvalue weighted by atomic mass is 16.3. The van der Waals surface area contributed by atoms with Gasteiger partial charge in [-0.3, -0.25) is 0 Å². The first-order valence-electron chi connectivity index (χ1n) is 5.39. The lowest BCUT2D eigenvalue weighted by atomic mass is 9.98. The van der Waals surface area contributed by atoms with E-state index in [0.29, 0.717) is 5.92 Å². The summed E-state index contributed by atoms with van der Waals surface area (Å²) < 4.78 is 2.15. The number of aliphatic hydroxyl groups is 1. The summed E-state index contributed by atoms with van der Waals surface area (Å²) in [6, 6.07) is 8.41. The number of para-hydroxylation sites is 1. The van der Waals surface area contributed by atoms with Crippen LogP contribution in [0.2, 0.25) is 0 Å². The van der Waals surface area contributed by atoms with Crippen molar-refractivity contribution in [2.75, 3.05) is 6.61 Å². The van der Waals surface area contributed by atoms with Crippen molar-refractivity contribution in [2.24, 2.45) is 7.05 Å². The minimum Gasteiger partial charge on any atom is -0.396 e. The first-order chi connectivity index (χ1) is 7.24. The van der Waals surface area contributed by atoms with E-state index < -0.39 is 0 Å². The zero-order valence-electron chi connectivity index (χ0n) is 9.27. The predicted molar refractivity (Wildman–Crippen MR) is 63.0 cm³/mol. The lowest BCUT2D eigenvalue weighted by Gasteiger charge is -2.07. The number of rotatable bonds is 3. The summed E-state index contributed by atoms with van der Waals surface area (Å²) in [4.78, 5) is 0. The van der Waals surface area contributed by atoms with Gasteiger partial charge in [-0.1, -0.05) is 25.1 Å². The second kappa shape index (κ2) is 4.07. The van der Waals surface area contributed by atoms with E-state index in [2.05, 4.69) is 49.0 Å². The predicted octanol–water partition coefficient (Wildman–Crippen LogP) is 2.66. The van der Waals surface area contributed by atoms with Crippen molar-refractivity contribution >= 4 is 10.9 Å². The number of aryl methyl sites for hydroxylation is 1. The Bertz CT molecular complexity index is 459. The monoisotopic (exact) mass is 203 g/mol. The third-order valence-corrected chi connectivity index (χ3v) is 3.02. The molecule has 0 spiro atoms. The highest BCUT2D eigenvalue weighted by Gasteiger charge is 2.11.